The second-order valence-electron chi connectivity index (χ2n) is 5.82. The summed E-state index contributed by atoms with van der Waals surface area (Å²) in [5.74, 6) is 0. The monoisotopic (exact) mass is 328 g/mol. The molecule has 128 valence electrons. The Balaban J connectivity index is 1.91. The average molecular weight is 328 g/mol. The van der Waals surface area contributed by atoms with E-state index >= 15 is 0 Å². The molecule has 2 fully saturated rings. The number of aromatic nitrogens is 2. The Morgan fingerprint density at radius 1 is 1.26 bits per heavy atom. The lowest BCUT2D eigenvalue weighted by Gasteiger charge is -2.19. The SMILES string of the molecule is O=c1ccn([C@@H]2O[C@H](CO)[C@@H](O)[C@H]2O)c(=O)n1CC1CCCO1. The standard InChI is InChI=1S/C14H20N2O7/c17-7-9-11(19)12(20)13(23-9)15-4-3-10(18)16(14(15)21)6-8-2-1-5-22-8/h3-4,8-9,11-13,17,19-20H,1-2,5-7H2/t8?,9-,11-,12-,13-/m1/s1. The zero-order chi connectivity index (χ0) is 16.6. The molecule has 2 saturated heterocycles. The Morgan fingerprint density at radius 3 is 2.65 bits per heavy atom. The number of rotatable bonds is 4. The van der Waals surface area contributed by atoms with Gasteiger partial charge in [-0.15, -0.1) is 0 Å². The van der Waals surface area contributed by atoms with Crippen LogP contribution in [0, 0.1) is 0 Å². The van der Waals surface area contributed by atoms with E-state index in [1.165, 1.54) is 12.3 Å². The molecule has 23 heavy (non-hydrogen) atoms. The van der Waals surface area contributed by atoms with Gasteiger partial charge in [0.05, 0.1) is 19.3 Å². The van der Waals surface area contributed by atoms with Crippen molar-refractivity contribution in [2.45, 2.75) is 50.0 Å². The topological polar surface area (TPSA) is 123 Å². The van der Waals surface area contributed by atoms with Crippen molar-refractivity contribution in [3.8, 4) is 0 Å². The lowest BCUT2D eigenvalue weighted by atomic mass is 10.1. The summed E-state index contributed by atoms with van der Waals surface area (Å²) in [6.07, 6.45) is -2.15. The van der Waals surface area contributed by atoms with Gasteiger partial charge < -0.3 is 24.8 Å². The lowest BCUT2D eigenvalue weighted by Crippen LogP contribution is -2.44. The highest BCUT2D eigenvalue weighted by atomic mass is 16.6. The smallest absolute Gasteiger partial charge is 0.333 e. The number of hydrogen-bond acceptors (Lipinski definition) is 7. The molecule has 0 saturated carbocycles. The number of ether oxygens (including phenoxy) is 2. The third-order valence-corrected chi connectivity index (χ3v) is 4.30. The van der Waals surface area contributed by atoms with Crippen molar-refractivity contribution in [2.24, 2.45) is 0 Å². The molecular weight excluding hydrogens is 308 g/mol. The number of nitrogens with zero attached hydrogens (tertiary/aromatic N) is 2. The molecule has 1 unspecified atom stereocenters. The maximum absolute atomic E-state index is 12.5. The first kappa shape index (κ1) is 16.3. The number of hydrogen-bond donors (Lipinski definition) is 3. The van der Waals surface area contributed by atoms with Crippen molar-refractivity contribution in [2.75, 3.05) is 13.2 Å². The van der Waals surface area contributed by atoms with Crippen molar-refractivity contribution >= 4 is 0 Å². The van der Waals surface area contributed by atoms with E-state index in [1.54, 1.807) is 0 Å². The van der Waals surface area contributed by atoms with Crippen molar-refractivity contribution in [1.82, 2.24) is 9.13 Å². The van der Waals surface area contributed by atoms with Gasteiger partial charge in [-0.25, -0.2) is 4.79 Å². The Morgan fingerprint density at radius 2 is 2.04 bits per heavy atom. The van der Waals surface area contributed by atoms with Gasteiger partial charge in [0.2, 0.25) is 0 Å². The van der Waals surface area contributed by atoms with E-state index in [9.17, 15) is 19.8 Å². The summed E-state index contributed by atoms with van der Waals surface area (Å²) in [6.45, 7) is 0.252. The third kappa shape index (κ3) is 2.98. The molecular formula is C14H20N2O7. The van der Waals surface area contributed by atoms with Crippen LogP contribution < -0.4 is 11.2 Å². The first-order valence-electron chi connectivity index (χ1n) is 7.59. The molecule has 5 atom stereocenters. The van der Waals surface area contributed by atoms with E-state index in [0.717, 1.165) is 22.0 Å². The number of aliphatic hydroxyl groups excluding tert-OH is 3. The summed E-state index contributed by atoms with van der Waals surface area (Å²) in [7, 11) is 0. The maximum Gasteiger partial charge on any atom is 0.333 e. The minimum Gasteiger partial charge on any atom is -0.394 e. The molecule has 0 bridgehead atoms. The zero-order valence-electron chi connectivity index (χ0n) is 12.4. The van der Waals surface area contributed by atoms with E-state index < -0.39 is 42.4 Å². The van der Waals surface area contributed by atoms with Crippen LogP contribution in [0.1, 0.15) is 19.1 Å². The predicted octanol–water partition coefficient (Wildman–Crippen LogP) is -2.20. The molecule has 9 nitrogen and oxygen atoms in total. The second kappa shape index (κ2) is 6.54. The first-order valence-corrected chi connectivity index (χ1v) is 7.59. The van der Waals surface area contributed by atoms with Gasteiger partial charge in [-0.1, -0.05) is 0 Å². The molecule has 2 aliphatic rings. The van der Waals surface area contributed by atoms with E-state index in [2.05, 4.69) is 0 Å². The summed E-state index contributed by atoms with van der Waals surface area (Å²) >= 11 is 0. The van der Waals surface area contributed by atoms with Crippen LogP contribution >= 0.6 is 0 Å². The summed E-state index contributed by atoms with van der Waals surface area (Å²) in [5.41, 5.74) is -1.11. The lowest BCUT2D eigenvalue weighted by molar-refractivity contribution is -0.0558. The van der Waals surface area contributed by atoms with Crippen molar-refractivity contribution in [1.29, 1.82) is 0 Å². The van der Waals surface area contributed by atoms with Crippen LogP contribution in [-0.2, 0) is 16.0 Å². The molecule has 3 rings (SSSR count). The minimum absolute atomic E-state index is 0.132. The first-order chi connectivity index (χ1) is 11.0. The van der Waals surface area contributed by atoms with Crippen LogP contribution in [0.2, 0.25) is 0 Å². The number of aliphatic hydroxyl groups is 3. The van der Waals surface area contributed by atoms with E-state index in [0.29, 0.717) is 6.61 Å². The van der Waals surface area contributed by atoms with Crippen LogP contribution in [-0.4, -0.2) is 62.1 Å². The molecule has 0 spiro atoms. The molecule has 0 aliphatic carbocycles. The fraction of sp³-hybridized carbons (Fsp3) is 0.714. The molecule has 0 aromatic carbocycles. The molecule has 9 heteroatoms. The minimum atomic E-state index is -1.38. The summed E-state index contributed by atoms with van der Waals surface area (Å²) in [5, 5.41) is 28.9. The van der Waals surface area contributed by atoms with Gasteiger partial charge in [0, 0.05) is 18.9 Å². The van der Waals surface area contributed by atoms with E-state index in [-0.39, 0.29) is 12.6 Å². The highest BCUT2D eigenvalue weighted by Crippen LogP contribution is 2.27. The van der Waals surface area contributed by atoms with Crippen molar-refractivity contribution < 1.29 is 24.8 Å². The molecule has 0 radical (unpaired) electrons. The quantitative estimate of drug-likeness (QED) is 0.573. The van der Waals surface area contributed by atoms with Gasteiger partial charge in [0.15, 0.2) is 6.23 Å². The largest absolute Gasteiger partial charge is 0.394 e. The fourth-order valence-electron chi connectivity index (χ4n) is 2.99. The molecule has 2 aliphatic heterocycles. The highest BCUT2D eigenvalue weighted by Gasteiger charge is 2.43. The Kier molecular flexibility index (Phi) is 4.64. The van der Waals surface area contributed by atoms with Crippen LogP contribution in [0.15, 0.2) is 21.9 Å². The Labute approximate surface area is 131 Å². The van der Waals surface area contributed by atoms with E-state index in [4.69, 9.17) is 14.6 Å². The average Bonchev–Trinajstić information content (AvgIpc) is 3.14. The zero-order valence-corrected chi connectivity index (χ0v) is 12.4. The molecule has 1 aromatic rings. The van der Waals surface area contributed by atoms with Gasteiger partial charge >= 0.3 is 5.69 Å². The summed E-state index contributed by atoms with van der Waals surface area (Å²) < 4.78 is 12.9. The molecule has 3 N–H and O–H groups in total. The van der Waals surface area contributed by atoms with Crippen molar-refractivity contribution in [3.63, 3.8) is 0 Å². The Bertz CT molecular complexity index is 664. The molecule has 1 aromatic heterocycles. The van der Waals surface area contributed by atoms with Crippen LogP contribution in [0.5, 0.6) is 0 Å². The maximum atomic E-state index is 12.5. The molecule has 0 amide bonds. The highest BCUT2D eigenvalue weighted by molar-refractivity contribution is 4.94. The summed E-state index contributed by atoms with van der Waals surface area (Å²) in [6, 6.07) is 1.20. The molecule has 3 heterocycles. The van der Waals surface area contributed by atoms with Crippen LogP contribution in [0.3, 0.4) is 0 Å². The Hall–Kier alpha value is -1.52. The fourth-order valence-corrected chi connectivity index (χ4v) is 2.99. The van der Waals surface area contributed by atoms with Gasteiger partial charge in [0.1, 0.15) is 18.3 Å². The van der Waals surface area contributed by atoms with Crippen LogP contribution in [0.25, 0.3) is 0 Å². The van der Waals surface area contributed by atoms with Gasteiger partial charge in [0.25, 0.3) is 5.56 Å². The van der Waals surface area contributed by atoms with Gasteiger partial charge in [-0.2, -0.15) is 0 Å². The van der Waals surface area contributed by atoms with Gasteiger partial charge in [-0.3, -0.25) is 13.9 Å². The predicted molar refractivity (Wildman–Crippen MR) is 76.9 cm³/mol. The third-order valence-electron chi connectivity index (χ3n) is 4.30. The van der Waals surface area contributed by atoms with E-state index in [1.807, 2.05) is 0 Å². The summed E-state index contributed by atoms with van der Waals surface area (Å²) in [4.78, 5) is 24.5. The second-order valence-corrected chi connectivity index (χ2v) is 5.82. The van der Waals surface area contributed by atoms with Crippen molar-refractivity contribution in [3.05, 3.63) is 33.1 Å². The normalized spacial score (nSPS) is 34.1. The van der Waals surface area contributed by atoms with Gasteiger partial charge in [-0.05, 0) is 12.8 Å². The van der Waals surface area contributed by atoms with Crippen LogP contribution in [0.4, 0.5) is 0 Å².